The predicted octanol–water partition coefficient (Wildman–Crippen LogP) is 0.875. The highest BCUT2D eigenvalue weighted by molar-refractivity contribution is 5.89. The molecule has 1 saturated heterocycles. The number of nitrogens with one attached hydrogen (secondary N) is 2. The Morgan fingerprint density at radius 3 is 2.83 bits per heavy atom. The van der Waals surface area contributed by atoms with Gasteiger partial charge >= 0.3 is 6.03 Å². The molecule has 1 atom stereocenters. The monoisotopic (exact) mass is 249 g/mol. The van der Waals surface area contributed by atoms with Gasteiger partial charge in [0.15, 0.2) is 0 Å². The number of rotatable bonds is 3. The van der Waals surface area contributed by atoms with Gasteiger partial charge in [-0.1, -0.05) is 18.2 Å². The fourth-order valence-electron chi connectivity index (χ4n) is 2.12. The van der Waals surface area contributed by atoms with Crippen molar-refractivity contribution in [2.24, 2.45) is 0 Å². The van der Waals surface area contributed by atoms with E-state index in [2.05, 4.69) is 10.6 Å². The summed E-state index contributed by atoms with van der Waals surface area (Å²) < 4.78 is 0. The number of benzene rings is 1. The molecule has 2 amide bonds. The van der Waals surface area contributed by atoms with E-state index < -0.39 is 5.60 Å². The molecule has 18 heavy (non-hydrogen) atoms. The van der Waals surface area contributed by atoms with Crippen LogP contribution in [0.2, 0.25) is 0 Å². The van der Waals surface area contributed by atoms with Crippen molar-refractivity contribution in [1.29, 1.82) is 0 Å². The Labute approximate surface area is 107 Å². The van der Waals surface area contributed by atoms with Crippen LogP contribution in [-0.2, 0) is 0 Å². The van der Waals surface area contributed by atoms with E-state index >= 15 is 0 Å². The van der Waals surface area contributed by atoms with Gasteiger partial charge in [0.1, 0.15) is 0 Å². The third-order valence-electron chi connectivity index (χ3n) is 3.12. The molecule has 0 aliphatic carbocycles. The lowest BCUT2D eigenvalue weighted by molar-refractivity contribution is 0.0384. The maximum absolute atomic E-state index is 11.9. The molecule has 5 heteroatoms. The zero-order valence-corrected chi connectivity index (χ0v) is 10.5. The van der Waals surface area contributed by atoms with Crippen LogP contribution in [0.5, 0.6) is 0 Å². The van der Waals surface area contributed by atoms with Crippen LogP contribution >= 0.6 is 0 Å². The van der Waals surface area contributed by atoms with Crippen molar-refractivity contribution in [3.8, 4) is 0 Å². The van der Waals surface area contributed by atoms with Crippen molar-refractivity contribution < 1.29 is 9.90 Å². The summed E-state index contributed by atoms with van der Waals surface area (Å²) in [5.74, 6) is 0. The maximum atomic E-state index is 11.9. The zero-order chi connectivity index (χ0) is 13.0. The summed E-state index contributed by atoms with van der Waals surface area (Å²) in [5, 5.41) is 16.1. The Morgan fingerprint density at radius 1 is 1.50 bits per heavy atom. The SMILES string of the molecule is CN(CC1(O)CCNC1)C(=O)Nc1ccccc1. The Kier molecular flexibility index (Phi) is 3.84. The normalized spacial score (nSPS) is 22.8. The topological polar surface area (TPSA) is 64.6 Å². The van der Waals surface area contributed by atoms with Crippen molar-refractivity contribution in [3.63, 3.8) is 0 Å². The third kappa shape index (κ3) is 3.21. The van der Waals surface area contributed by atoms with Crippen LogP contribution in [0.3, 0.4) is 0 Å². The van der Waals surface area contributed by atoms with E-state index in [-0.39, 0.29) is 6.03 Å². The molecule has 1 aromatic carbocycles. The highest BCUT2D eigenvalue weighted by atomic mass is 16.3. The summed E-state index contributed by atoms with van der Waals surface area (Å²) in [6.45, 7) is 1.67. The number of aliphatic hydroxyl groups is 1. The average molecular weight is 249 g/mol. The number of likely N-dealkylation sites (N-methyl/N-ethyl adjacent to an activating group) is 1. The number of para-hydroxylation sites is 1. The van der Waals surface area contributed by atoms with Crippen LogP contribution in [0.4, 0.5) is 10.5 Å². The third-order valence-corrected chi connectivity index (χ3v) is 3.12. The molecular formula is C13H19N3O2. The number of nitrogens with zero attached hydrogens (tertiary/aromatic N) is 1. The molecule has 1 aromatic rings. The van der Waals surface area contributed by atoms with E-state index in [1.807, 2.05) is 30.3 Å². The number of carbonyl (C=O) groups is 1. The maximum Gasteiger partial charge on any atom is 0.321 e. The molecule has 1 fully saturated rings. The Balaban J connectivity index is 1.89. The van der Waals surface area contributed by atoms with Gasteiger partial charge in [0.2, 0.25) is 0 Å². The summed E-state index contributed by atoms with van der Waals surface area (Å²) >= 11 is 0. The lowest BCUT2D eigenvalue weighted by Gasteiger charge is -2.28. The highest BCUT2D eigenvalue weighted by Crippen LogP contribution is 2.16. The van der Waals surface area contributed by atoms with Crippen LogP contribution in [0, 0.1) is 0 Å². The summed E-state index contributed by atoms with van der Waals surface area (Å²) in [5.41, 5.74) is -0.0473. The lowest BCUT2D eigenvalue weighted by atomic mass is 10.0. The largest absolute Gasteiger partial charge is 0.387 e. The molecule has 0 aromatic heterocycles. The van der Waals surface area contributed by atoms with Crippen molar-refractivity contribution >= 4 is 11.7 Å². The summed E-state index contributed by atoms with van der Waals surface area (Å²) in [7, 11) is 1.69. The number of urea groups is 1. The van der Waals surface area contributed by atoms with E-state index in [0.717, 1.165) is 12.2 Å². The number of amides is 2. The number of carbonyl (C=O) groups excluding carboxylic acids is 1. The van der Waals surface area contributed by atoms with E-state index in [1.54, 1.807) is 7.05 Å². The minimum atomic E-state index is -0.803. The molecule has 5 nitrogen and oxygen atoms in total. The fraction of sp³-hybridized carbons (Fsp3) is 0.462. The molecule has 1 aliphatic rings. The Morgan fingerprint density at radius 2 is 2.22 bits per heavy atom. The summed E-state index contributed by atoms with van der Waals surface area (Å²) in [6, 6.07) is 9.08. The molecule has 98 valence electrons. The number of β-amino-alcohol motifs (C(OH)–C–C–N with tert-alkyl or cyclic N) is 1. The summed E-state index contributed by atoms with van der Waals surface area (Å²) in [4.78, 5) is 13.4. The van der Waals surface area contributed by atoms with Gasteiger partial charge in [0, 0.05) is 19.3 Å². The van der Waals surface area contributed by atoms with Gasteiger partial charge in [0.05, 0.1) is 12.1 Å². The Hall–Kier alpha value is -1.59. The average Bonchev–Trinajstić information content (AvgIpc) is 2.77. The first-order valence-corrected chi connectivity index (χ1v) is 6.09. The molecule has 0 spiro atoms. The van der Waals surface area contributed by atoms with Gasteiger partial charge in [-0.05, 0) is 25.1 Å². The van der Waals surface area contributed by atoms with E-state index in [0.29, 0.717) is 19.5 Å². The van der Waals surface area contributed by atoms with E-state index in [9.17, 15) is 9.90 Å². The second-order valence-electron chi connectivity index (χ2n) is 4.80. The number of anilines is 1. The van der Waals surface area contributed by atoms with Crippen LogP contribution < -0.4 is 10.6 Å². The molecule has 0 saturated carbocycles. The first kappa shape index (κ1) is 12.9. The van der Waals surface area contributed by atoms with Gasteiger partial charge in [-0.2, -0.15) is 0 Å². The zero-order valence-electron chi connectivity index (χ0n) is 10.5. The van der Waals surface area contributed by atoms with Crippen molar-refractivity contribution in [2.45, 2.75) is 12.0 Å². The molecule has 1 heterocycles. The number of hydrogen-bond acceptors (Lipinski definition) is 3. The first-order valence-electron chi connectivity index (χ1n) is 6.09. The quantitative estimate of drug-likeness (QED) is 0.745. The fourth-order valence-corrected chi connectivity index (χ4v) is 2.12. The van der Waals surface area contributed by atoms with Gasteiger partial charge in [-0.15, -0.1) is 0 Å². The van der Waals surface area contributed by atoms with Gasteiger partial charge in [-0.25, -0.2) is 4.79 Å². The molecular weight excluding hydrogens is 230 g/mol. The number of hydrogen-bond donors (Lipinski definition) is 3. The van der Waals surface area contributed by atoms with E-state index in [1.165, 1.54) is 4.90 Å². The first-order chi connectivity index (χ1) is 8.59. The van der Waals surface area contributed by atoms with Crippen LogP contribution in [0.15, 0.2) is 30.3 Å². The van der Waals surface area contributed by atoms with Crippen LogP contribution in [0.1, 0.15) is 6.42 Å². The van der Waals surface area contributed by atoms with Crippen molar-refractivity contribution in [2.75, 3.05) is 32.0 Å². The molecule has 1 aliphatic heterocycles. The molecule has 3 N–H and O–H groups in total. The minimum Gasteiger partial charge on any atom is -0.387 e. The van der Waals surface area contributed by atoms with Crippen LogP contribution in [-0.4, -0.2) is 48.3 Å². The van der Waals surface area contributed by atoms with Gasteiger partial charge in [0.25, 0.3) is 0 Å². The van der Waals surface area contributed by atoms with E-state index in [4.69, 9.17) is 0 Å². The minimum absolute atomic E-state index is 0.207. The highest BCUT2D eigenvalue weighted by Gasteiger charge is 2.33. The lowest BCUT2D eigenvalue weighted by Crippen LogP contribution is -2.46. The smallest absolute Gasteiger partial charge is 0.321 e. The van der Waals surface area contributed by atoms with Gasteiger partial charge in [-0.3, -0.25) is 0 Å². The standard InChI is InChI=1S/C13H19N3O2/c1-16(10-13(18)7-8-14-9-13)12(17)15-11-5-3-2-4-6-11/h2-6,14,18H,7-10H2,1H3,(H,15,17). The molecule has 2 rings (SSSR count). The van der Waals surface area contributed by atoms with Crippen LogP contribution in [0.25, 0.3) is 0 Å². The molecule has 0 bridgehead atoms. The molecule has 0 radical (unpaired) electrons. The van der Waals surface area contributed by atoms with Crippen molar-refractivity contribution in [3.05, 3.63) is 30.3 Å². The second-order valence-corrected chi connectivity index (χ2v) is 4.80. The summed E-state index contributed by atoms with van der Waals surface area (Å²) in [6.07, 6.45) is 0.677. The van der Waals surface area contributed by atoms with Gasteiger partial charge < -0.3 is 20.6 Å². The predicted molar refractivity (Wildman–Crippen MR) is 70.5 cm³/mol. The molecule has 1 unspecified atom stereocenters. The van der Waals surface area contributed by atoms with Crippen molar-refractivity contribution in [1.82, 2.24) is 10.2 Å². The second kappa shape index (κ2) is 5.37. The Bertz CT molecular complexity index is 402.